The van der Waals surface area contributed by atoms with Crippen molar-refractivity contribution in [2.45, 2.75) is 25.4 Å². The number of hydrogen-bond donors (Lipinski definition) is 2. The van der Waals surface area contributed by atoms with Crippen molar-refractivity contribution < 1.29 is 4.79 Å². The van der Waals surface area contributed by atoms with Gasteiger partial charge in [-0.2, -0.15) is 5.10 Å². The summed E-state index contributed by atoms with van der Waals surface area (Å²) in [5.41, 5.74) is 1.40. The normalized spacial score (nSPS) is 17.9. The van der Waals surface area contributed by atoms with E-state index in [1.165, 1.54) is 11.2 Å². The van der Waals surface area contributed by atoms with Gasteiger partial charge in [-0.25, -0.2) is 4.98 Å². The van der Waals surface area contributed by atoms with Crippen molar-refractivity contribution >= 4 is 17.2 Å². The highest BCUT2D eigenvalue weighted by Crippen LogP contribution is 2.21. The van der Waals surface area contributed by atoms with Gasteiger partial charge in [0.2, 0.25) is 0 Å². The van der Waals surface area contributed by atoms with Gasteiger partial charge in [-0.05, 0) is 36.9 Å². The average Bonchev–Trinajstić information content (AvgIpc) is 3.36. The van der Waals surface area contributed by atoms with Gasteiger partial charge in [-0.15, -0.1) is 11.3 Å². The number of hydrogen-bond acceptors (Lipinski definition) is 5. The number of nitrogens with zero attached hydrogens (tertiary/aromatic N) is 3. The van der Waals surface area contributed by atoms with Crippen molar-refractivity contribution in [3.63, 3.8) is 0 Å². The number of likely N-dealkylation sites (tertiary alicyclic amines) is 1. The molecule has 3 aromatic rings. The number of aromatic nitrogens is 3. The first-order valence-electron chi connectivity index (χ1n) is 8.80. The van der Waals surface area contributed by atoms with Gasteiger partial charge in [-0.3, -0.25) is 14.8 Å². The maximum atomic E-state index is 12.9. The fourth-order valence-corrected chi connectivity index (χ4v) is 4.17. The number of carbonyl (C=O) groups excluding carboxylic acids is 1. The third-order valence-electron chi connectivity index (χ3n) is 4.64. The largest absolute Gasteiger partial charge is 0.348 e. The van der Waals surface area contributed by atoms with Crippen LogP contribution in [0.1, 0.15) is 28.1 Å². The van der Waals surface area contributed by atoms with E-state index >= 15 is 0 Å². The molecule has 4 rings (SSSR count). The number of benzene rings is 1. The lowest BCUT2D eigenvalue weighted by Crippen LogP contribution is -2.47. The molecule has 26 heavy (non-hydrogen) atoms. The van der Waals surface area contributed by atoms with Gasteiger partial charge < -0.3 is 5.32 Å². The lowest BCUT2D eigenvalue weighted by atomic mass is 10.0. The highest BCUT2D eigenvalue weighted by atomic mass is 32.1. The molecule has 1 fully saturated rings. The third kappa shape index (κ3) is 3.84. The van der Waals surface area contributed by atoms with Crippen LogP contribution in [0.3, 0.4) is 0 Å². The number of carbonyl (C=O) groups is 1. The molecule has 1 unspecified atom stereocenters. The second-order valence-corrected chi connectivity index (χ2v) is 7.54. The lowest BCUT2D eigenvalue weighted by Gasteiger charge is -2.33. The summed E-state index contributed by atoms with van der Waals surface area (Å²) in [5, 5.41) is 12.0. The van der Waals surface area contributed by atoms with E-state index < -0.39 is 0 Å². The van der Waals surface area contributed by atoms with E-state index in [2.05, 4.69) is 42.9 Å². The van der Waals surface area contributed by atoms with Crippen molar-refractivity contribution in [2.75, 3.05) is 13.1 Å². The van der Waals surface area contributed by atoms with E-state index in [0.29, 0.717) is 11.4 Å². The Morgan fingerprint density at radius 2 is 2.23 bits per heavy atom. The van der Waals surface area contributed by atoms with E-state index in [0.717, 1.165) is 38.0 Å². The molecule has 0 saturated carbocycles. The van der Waals surface area contributed by atoms with Crippen LogP contribution in [0.25, 0.3) is 11.4 Å². The van der Waals surface area contributed by atoms with Gasteiger partial charge in [0.05, 0.1) is 5.56 Å². The van der Waals surface area contributed by atoms with E-state index in [1.54, 1.807) is 11.3 Å². The fraction of sp³-hybridized carbons (Fsp3) is 0.316. The Labute approximate surface area is 156 Å². The van der Waals surface area contributed by atoms with Gasteiger partial charge in [0.1, 0.15) is 6.33 Å². The van der Waals surface area contributed by atoms with Gasteiger partial charge in [-0.1, -0.05) is 24.3 Å². The molecule has 134 valence electrons. The zero-order valence-electron chi connectivity index (χ0n) is 14.4. The Bertz CT molecular complexity index is 847. The molecule has 1 atom stereocenters. The van der Waals surface area contributed by atoms with E-state index in [9.17, 15) is 4.79 Å². The minimum atomic E-state index is -0.0556. The van der Waals surface area contributed by atoms with E-state index in [4.69, 9.17) is 0 Å². The molecular weight excluding hydrogens is 346 g/mol. The topological polar surface area (TPSA) is 73.9 Å². The maximum absolute atomic E-state index is 12.9. The Morgan fingerprint density at radius 1 is 1.31 bits per heavy atom. The van der Waals surface area contributed by atoms with Gasteiger partial charge in [0.15, 0.2) is 5.82 Å². The second kappa shape index (κ2) is 7.80. The zero-order chi connectivity index (χ0) is 17.8. The molecular formula is C19H21N5OS. The molecule has 1 aliphatic rings. The first-order valence-corrected chi connectivity index (χ1v) is 9.68. The molecule has 6 nitrogen and oxygen atoms in total. The van der Waals surface area contributed by atoms with Crippen LogP contribution in [0.15, 0.2) is 48.1 Å². The third-order valence-corrected chi connectivity index (χ3v) is 5.50. The van der Waals surface area contributed by atoms with Crippen LogP contribution in [-0.4, -0.2) is 45.1 Å². The van der Waals surface area contributed by atoms with Crippen molar-refractivity contribution in [2.24, 2.45) is 0 Å². The van der Waals surface area contributed by atoms with Crippen molar-refractivity contribution in [3.8, 4) is 11.4 Å². The Kier molecular flexibility index (Phi) is 5.08. The molecule has 7 heteroatoms. The van der Waals surface area contributed by atoms with Crippen LogP contribution in [0.2, 0.25) is 0 Å². The SMILES string of the molecule is O=C(NC1CCCN(Cc2cccs2)C1)c1ccccc1-c1ncn[nH]1. The minimum absolute atomic E-state index is 0.0556. The van der Waals surface area contributed by atoms with Crippen molar-refractivity contribution in [3.05, 3.63) is 58.5 Å². The number of aromatic amines is 1. The first-order chi connectivity index (χ1) is 12.8. The molecule has 1 amide bonds. The Balaban J connectivity index is 1.43. The summed E-state index contributed by atoms with van der Waals surface area (Å²) in [6.07, 6.45) is 3.56. The van der Waals surface area contributed by atoms with E-state index in [-0.39, 0.29) is 11.9 Å². The molecule has 1 aliphatic heterocycles. The Hall–Kier alpha value is -2.51. The molecule has 2 aromatic heterocycles. The second-order valence-electron chi connectivity index (χ2n) is 6.51. The molecule has 3 heterocycles. The van der Waals surface area contributed by atoms with Crippen LogP contribution in [-0.2, 0) is 6.54 Å². The highest BCUT2D eigenvalue weighted by molar-refractivity contribution is 7.09. The molecule has 0 radical (unpaired) electrons. The standard InChI is InChI=1S/C19H21N5OS/c25-19(17-8-2-1-7-16(17)18-20-13-21-23-18)22-14-5-3-9-24(11-14)12-15-6-4-10-26-15/h1-2,4,6-8,10,13-14H,3,5,9,11-12H2,(H,22,25)(H,20,21,23). The lowest BCUT2D eigenvalue weighted by molar-refractivity contribution is 0.0902. The van der Waals surface area contributed by atoms with Crippen LogP contribution in [0.4, 0.5) is 0 Å². The number of nitrogens with one attached hydrogen (secondary N) is 2. The molecule has 0 spiro atoms. The van der Waals surface area contributed by atoms with Gasteiger partial charge in [0, 0.05) is 29.6 Å². The van der Waals surface area contributed by atoms with Crippen LogP contribution < -0.4 is 5.32 Å². The highest BCUT2D eigenvalue weighted by Gasteiger charge is 2.23. The van der Waals surface area contributed by atoms with Gasteiger partial charge in [0.25, 0.3) is 5.91 Å². The smallest absolute Gasteiger partial charge is 0.252 e. The summed E-state index contributed by atoms with van der Waals surface area (Å²) in [5.74, 6) is 0.554. The number of piperidine rings is 1. The first kappa shape index (κ1) is 16.9. The maximum Gasteiger partial charge on any atom is 0.252 e. The quantitative estimate of drug-likeness (QED) is 0.727. The summed E-state index contributed by atoms with van der Waals surface area (Å²) in [7, 11) is 0. The summed E-state index contributed by atoms with van der Waals surface area (Å²) in [6.45, 7) is 2.92. The van der Waals surface area contributed by atoms with Crippen LogP contribution >= 0.6 is 11.3 Å². The summed E-state index contributed by atoms with van der Waals surface area (Å²) in [6, 6.07) is 11.9. The number of rotatable bonds is 5. The predicted molar refractivity (Wildman–Crippen MR) is 102 cm³/mol. The van der Waals surface area contributed by atoms with E-state index in [1.807, 2.05) is 24.3 Å². The molecule has 1 saturated heterocycles. The summed E-state index contributed by atoms with van der Waals surface area (Å²) < 4.78 is 0. The van der Waals surface area contributed by atoms with Crippen molar-refractivity contribution in [1.29, 1.82) is 0 Å². The summed E-state index contributed by atoms with van der Waals surface area (Å²) >= 11 is 1.78. The fourth-order valence-electron chi connectivity index (χ4n) is 3.43. The summed E-state index contributed by atoms with van der Waals surface area (Å²) in [4.78, 5) is 20.8. The predicted octanol–water partition coefficient (Wildman–Crippen LogP) is 2.93. The van der Waals surface area contributed by atoms with Gasteiger partial charge >= 0.3 is 0 Å². The van der Waals surface area contributed by atoms with Crippen molar-refractivity contribution in [1.82, 2.24) is 25.4 Å². The molecule has 2 N–H and O–H groups in total. The zero-order valence-corrected chi connectivity index (χ0v) is 15.2. The monoisotopic (exact) mass is 367 g/mol. The number of amides is 1. The molecule has 1 aromatic carbocycles. The Morgan fingerprint density at radius 3 is 3.04 bits per heavy atom. The average molecular weight is 367 g/mol. The van der Waals surface area contributed by atoms with Crippen LogP contribution in [0, 0.1) is 0 Å². The number of H-pyrrole nitrogens is 1. The van der Waals surface area contributed by atoms with Crippen LogP contribution in [0.5, 0.6) is 0 Å². The molecule has 0 aliphatic carbocycles. The number of thiophene rings is 1. The molecule has 0 bridgehead atoms. The minimum Gasteiger partial charge on any atom is -0.348 e.